The molecule has 0 radical (unpaired) electrons. The lowest BCUT2D eigenvalue weighted by atomic mass is 9.95. The highest BCUT2D eigenvalue weighted by molar-refractivity contribution is 5.70. The Hall–Kier alpha value is -1.80. The van der Waals surface area contributed by atoms with Gasteiger partial charge < -0.3 is 10.2 Å². The molecule has 0 aliphatic rings. The maximum atomic E-state index is 3.49. The monoisotopic (exact) mass is 268 g/mol. The number of rotatable bonds is 5. The number of nitrogens with one attached hydrogen (secondary N) is 1. The van der Waals surface area contributed by atoms with Gasteiger partial charge in [-0.15, -0.1) is 0 Å². The van der Waals surface area contributed by atoms with Crippen LogP contribution in [0.2, 0.25) is 0 Å². The molecule has 0 aliphatic carbocycles. The third-order valence-corrected chi connectivity index (χ3v) is 3.63. The molecule has 1 atom stereocenters. The lowest BCUT2D eigenvalue weighted by Crippen LogP contribution is -2.18. The van der Waals surface area contributed by atoms with Crippen LogP contribution >= 0.6 is 0 Å². The van der Waals surface area contributed by atoms with Gasteiger partial charge in [-0.25, -0.2) is 0 Å². The van der Waals surface area contributed by atoms with Gasteiger partial charge in [0.1, 0.15) is 0 Å². The molecule has 0 aromatic heterocycles. The van der Waals surface area contributed by atoms with E-state index >= 15 is 0 Å². The maximum Gasteiger partial charge on any atom is 0.0361 e. The molecule has 2 aromatic rings. The zero-order chi connectivity index (χ0) is 14.5. The largest absolute Gasteiger partial charge is 0.378 e. The average molecular weight is 268 g/mol. The first-order valence-electron chi connectivity index (χ1n) is 7.23. The van der Waals surface area contributed by atoms with Crippen molar-refractivity contribution in [3.05, 3.63) is 54.1 Å². The molecule has 0 heterocycles. The summed E-state index contributed by atoms with van der Waals surface area (Å²) < 4.78 is 0. The van der Waals surface area contributed by atoms with E-state index in [-0.39, 0.29) is 0 Å². The summed E-state index contributed by atoms with van der Waals surface area (Å²) in [4.78, 5) is 2.12. The quantitative estimate of drug-likeness (QED) is 0.878. The smallest absolute Gasteiger partial charge is 0.0361 e. The summed E-state index contributed by atoms with van der Waals surface area (Å²) in [7, 11) is 4.13. The Morgan fingerprint density at radius 1 is 1.00 bits per heavy atom. The van der Waals surface area contributed by atoms with Crippen molar-refractivity contribution in [2.45, 2.75) is 19.9 Å². The van der Waals surface area contributed by atoms with Gasteiger partial charge in [0.25, 0.3) is 0 Å². The van der Waals surface area contributed by atoms with Crippen molar-refractivity contribution < 1.29 is 0 Å². The van der Waals surface area contributed by atoms with Crippen molar-refractivity contribution in [3.63, 3.8) is 0 Å². The van der Waals surface area contributed by atoms with Crippen LogP contribution in [0.15, 0.2) is 48.5 Å². The minimum absolute atomic E-state index is 0.365. The SMILES string of the molecule is CCNC(C)c1ccccc1-c1ccc(N(C)C)cc1. The van der Waals surface area contributed by atoms with Gasteiger partial charge in [0, 0.05) is 25.8 Å². The van der Waals surface area contributed by atoms with Gasteiger partial charge in [0.05, 0.1) is 0 Å². The molecule has 0 fully saturated rings. The van der Waals surface area contributed by atoms with Crippen molar-refractivity contribution in [1.29, 1.82) is 0 Å². The predicted molar refractivity (Wildman–Crippen MR) is 88.3 cm³/mol. The second kappa shape index (κ2) is 6.58. The van der Waals surface area contributed by atoms with Gasteiger partial charge in [-0.2, -0.15) is 0 Å². The van der Waals surface area contributed by atoms with Crippen LogP contribution in [-0.2, 0) is 0 Å². The first-order chi connectivity index (χ1) is 9.63. The van der Waals surface area contributed by atoms with Gasteiger partial charge in [0.15, 0.2) is 0 Å². The first kappa shape index (κ1) is 14.6. The van der Waals surface area contributed by atoms with Crippen molar-refractivity contribution in [1.82, 2.24) is 5.32 Å². The van der Waals surface area contributed by atoms with Crippen LogP contribution < -0.4 is 10.2 Å². The van der Waals surface area contributed by atoms with Gasteiger partial charge in [-0.05, 0) is 42.3 Å². The summed E-state index contributed by atoms with van der Waals surface area (Å²) >= 11 is 0. The number of hydrogen-bond donors (Lipinski definition) is 1. The molecular formula is C18H24N2. The second-order valence-corrected chi connectivity index (χ2v) is 5.31. The molecule has 2 aromatic carbocycles. The number of benzene rings is 2. The minimum Gasteiger partial charge on any atom is -0.378 e. The fourth-order valence-electron chi connectivity index (χ4n) is 2.49. The summed E-state index contributed by atoms with van der Waals surface area (Å²) in [6.07, 6.45) is 0. The van der Waals surface area contributed by atoms with Crippen molar-refractivity contribution in [2.24, 2.45) is 0 Å². The van der Waals surface area contributed by atoms with Crippen LogP contribution in [0.1, 0.15) is 25.5 Å². The number of anilines is 1. The van der Waals surface area contributed by atoms with Gasteiger partial charge >= 0.3 is 0 Å². The van der Waals surface area contributed by atoms with Crippen LogP contribution in [0.3, 0.4) is 0 Å². The van der Waals surface area contributed by atoms with Crippen LogP contribution in [0.5, 0.6) is 0 Å². The minimum atomic E-state index is 0.365. The second-order valence-electron chi connectivity index (χ2n) is 5.31. The van der Waals surface area contributed by atoms with Crippen LogP contribution in [0.25, 0.3) is 11.1 Å². The van der Waals surface area contributed by atoms with Gasteiger partial charge in [0.2, 0.25) is 0 Å². The van der Waals surface area contributed by atoms with E-state index in [1.165, 1.54) is 22.4 Å². The van der Waals surface area contributed by atoms with Crippen molar-refractivity contribution >= 4 is 5.69 Å². The molecule has 20 heavy (non-hydrogen) atoms. The molecule has 1 unspecified atom stereocenters. The molecule has 0 spiro atoms. The standard InChI is InChI=1S/C18H24N2/c1-5-19-14(2)17-8-6-7-9-18(17)15-10-12-16(13-11-15)20(3)4/h6-14,19H,5H2,1-4H3. The molecule has 0 aliphatic heterocycles. The van der Waals surface area contributed by atoms with E-state index in [1.54, 1.807) is 0 Å². The third kappa shape index (κ3) is 3.20. The zero-order valence-electron chi connectivity index (χ0n) is 12.9. The van der Waals surface area contributed by atoms with E-state index in [0.29, 0.717) is 6.04 Å². The fraction of sp³-hybridized carbons (Fsp3) is 0.333. The summed E-state index contributed by atoms with van der Waals surface area (Å²) in [5.41, 5.74) is 5.17. The Bertz CT molecular complexity index is 544. The lowest BCUT2D eigenvalue weighted by molar-refractivity contribution is 0.599. The van der Waals surface area contributed by atoms with E-state index in [9.17, 15) is 0 Å². The summed E-state index contributed by atoms with van der Waals surface area (Å²) in [5, 5.41) is 3.49. The molecule has 2 heteroatoms. The van der Waals surface area contributed by atoms with Crippen molar-refractivity contribution in [3.8, 4) is 11.1 Å². The molecule has 0 saturated carbocycles. The fourth-order valence-corrected chi connectivity index (χ4v) is 2.49. The van der Waals surface area contributed by atoms with E-state index < -0.39 is 0 Å². The highest BCUT2D eigenvalue weighted by atomic mass is 15.1. The molecule has 0 bridgehead atoms. The Morgan fingerprint density at radius 2 is 1.65 bits per heavy atom. The topological polar surface area (TPSA) is 15.3 Å². The maximum absolute atomic E-state index is 3.49. The molecule has 2 rings (SSSR count). The van der Waals surface area contributed by atoms with Crippen molar-refractivity contribution in [2.75, 3.05) is 25.5 Å². The molecular weight excluding hydrogens is 244 g/mol. The third-order valence-electron chi connectivity index (χ3n) is 3.63. The van der Waals surface area contributed by atoms with E-state index in [2.05, 4.69) is 86.7 Å². The summed E-state index contributed by atoms with van der Waals surface area (Å²) in [5.74, 6) is 0. The molecule has 106 valence electrons. The highest BCUT2D eigenvalue weighted by Gasteiger charge is 2.10. The Balaban J connectivity index is 2.37. The van der Waals surface area contributed by atoms with E-state index in [4.69, 9.17) is 0 Å². The normalized spacial score (nSPS) is 12.2. The average Bonchev–Trinajstić information content (AvgIpc) is 2.47. The molecule has 1 N–H and O–H groups in total. The summed E-state index contributed by atoms with van der Waals surface area (Å²) in [6.45, 7) is 5.34. The van der Waals surface area contributed by atoms with Crippen LogP contribution in [-0.4, -0.2) is 20.6 Å². The molecule has 2 nitrogen and oxygen atoms in total. The van der Waals surface area contributed by atoms with Crippen LogP contribution in [0, 0.1) is 0 Å². The first-order valence-corrected chi connectivity index (χ1v) is 7.23. The number of nitrogens with zero attached hydrogens (tertiary/aromatic N) is 1. The van der Waals surface area contributed by atoms with Gasteiger partial charge in [-0.1, -0.05) is 43.3 Å². The van der Waals surface area contributed by atoms with Gasteiger partial charge in [-0.3, -0.25) is 0 Å². The zero-order valence-corrected chi connectivity index (χ0v) is 12.9. The Kier molecular flexibility index (Phi) is 4.80. The lowest BCUT2D eigenvalue weighted by Gasteiger charge is -2.18. The number of hydrogen-bond acceptors (Lipinski definition) is 2. The molecule has 0 saturated heterocycles. The summed E-state index contributed by atoms with van der Waals surface area (Å²) in [6, 6.07) is 17.7. The predicted octanol–water partition coefficient (Wildman–Crippen LogP) is 4.09. The molecule has 0 amide bonds. The Morgan fingerprint density at radius 3 is 2.25 bits per heavy atom. The van der Waals surface area contributed by atoms with E-state index in [1.807, 2.05) is 0 Å². The van der Waals surface area contributed by atoms with Crippen LogP contribution in [0.4, 0.5) is 5.69 Å². The highest BCUT2D eigenvalue weighted by Crippen LogP contribution is 2.29. The van der Waals surface area contributed by atoms with E-state index in [0.717, 1.165) is 6.54 Å². The Labute approximate surface area is 122 Å².